The van der Waals surface area contributed by atoms with Crippen LogP contribution >= 0.6 is 0 Å². The molecule has 0 aliphatic carbocycles. The van der Waals surface area contributed by atoms with Crippen LogP contribution in [-0.2, 0) is 18.9 Å². The number of aliphatic hydroxyl groups excluding tert-OH is 1. The van der Waals surface area contributed by atoms with E-state index in [9.17, 15) is 5.11 Å². The molecule has 0 aromatic heterocycles. The van der Waals surface area contributed by atoms with Crippen molar-refractivity contribution in [1.82, 2.24) is 0 Å². The lowest BCUT2D eigenvalue weighted by Crippen LogP contribution is -2.18. The summed E-state index contributed by atoms with van der Waals surface area (Å²) in [7, 11) is 0. The number of rotatable bonds is 13. The van der Waals surface area contributed by atoms with Crippen LogP contribution in [0.2, 0.25) is 0 Å². The van der Waals surface area contributed by atoms with E-state index in [1.54, 1.807) is 0 Å². The molecule has 0 amide bonds. The summed E-state index contributed by atoms with van der Waals surface area (Å²) in [6.45, 7) is 11.1. The molecule has 1 unspecified atom stereocenters. The van der Waals surface area contributed by atoms with Gasteiger partial charge in [0.25, 0.3) is 0 Å². The van der Waals surface area contributed by atoms with Crippen molar-refractivity contribution >= 4 is 0 Å². The fourth-order valence-electron chi connectivity index (χ4n) is 1.26. The Morgan fingerprint density at radius 2 is 1.39 bits per heavy atom. The number of ether oxygens (including phenoxy) is 4. The second-order valence-electron chi connectivity index (χ2n) is 4.29. The maximum absolute atomic E-state index is 9.42. The SMILES string of the molecule is [CH2]COCCOCCOCCOC(O)CC(C)C. The highest BCUT2D eigenvalue weighted by Crippen LogP contribution is 2.04. The van der Waals surface area contributed by atoms with Gasteiger partial charge in [-0.25, -0.2) is 0 Å². The van der Waals surface area contributed by atoms with Crippen LogP contribution in [0, 0.1) is 12.8 Å². The van der Waals surface area contributed by atoms with Gasteiger partial charge in [0.05, 0.1) is 39.6 Å². The van der Waals surface area contributed by atoms with Crippen molar-refractivity contribution in [1.29, 1.82) is 0 Å². The molecule has 5 nitrogen and oxygen atoms in total. The lowest BCUT2D eigenvalue weighted by molar-refractivity contribution is -0.122. The highest BCUT2D eigenvalue weighted by Gasteiger charge is 2.06. The third-order valence-electron chi connectivity index (χ3n) is 2.10. The number of hydrogen-bond donors (Lipinski definition) is 1. The van der Waals surface area contributed by atoms with E-state index in [0.29, 0.717) is 58.6 Å². The molecule has 1 N–H and O–H groups in total. The van der Waals surface area contributed by atoms with E-state index in [1.165, 1.54) is 0 Å². The highest BCUT2D eigenvalue weighted by molar-refractivity contribution is 4.47. The lowest BCUT2D eigenvalue weighted by atomic mass is 10.1. The van der Waals surface area contributed by atoms with E-state index < -0.39 is 6.29 Å². The molecule has 0 saturated heterocycles. The zero-order chi connectivity index (χ0) is 13.6. The second kappa shape index (κ2) is 13.2. The summed E-state index contributed by atoms with van der Waals surface area (Å²) in [5.41, 5.74) is 0. The van der Waals surface area contributed by atoms with Crippen LogP contribution in [0.3, 0.4) is 0 Å². The van der Waals surface area contributed by atoms with Crippen LogP contribution in [0.15, 0.2) is 0 Å². The van der Waals surface area contributed by atoms with Crippen LogP contribution in [0.4, 0.5) is 0 Å². The molecule has 18 heavy (non-hydrogen) atoms. The smallest absolute Gasteiger partial charge is 0.154 e. The normalized spacial score (nSPS) is 13.2. The first-order valence-corrected chi connectivity index (χ1v) is 6.49. The molecule has 0 rings (SSSR count). The molecular weight excluding hydrogens is 236 g/mol. The maximum Gasteiger partial charge on any atom is 0.154 e. The predicted octanol–water partition coefficient (Wildman–Crippen LogP) is 1.25. The minimum absolute atomic E-state index is 0.401. The van der Waals surface area contributed by atoms with Crippen molar-refractivity contribution in [3.63, 3.8) is 0 Å². The summed E-state index contributed by atoms with van der Waals surface area (Å²) < 4.78 is 20.7. The summed E-state index contributed by atoms with van der Waals surface area (Å²) in [6, 6.07) is 0. The van der Waals surface area contributed by atoms with Gasteiger partial charge < -0.3 is 24.1 Å². The van der Waals surface area contributed by atoms with E-state index in [4.69, 9.17) is 18.9 Å². The van der Waals surface area contributed by atoms with Crippen molar-refractivity contribution in [3.05, 3.63) is 6.92 Å². The Balaban J connectivity index is 3.07. The molecule has 0 fully saturated rings. The topological polar surface area (TPSA) is 57.2 Å². The molecule has 0 aromatic rings. The minimum Gasteiger partial charge on any atom is -0.379 e. The monoisotopic (exact) mass is 263 g/mol. The third kappa shape index (κ3) is 13.9. The van der Waals surface area contributed by atoms with Gasteiger partial charge in [-0.2, -0.15) is 0 Å². The first-order valence-electron chi connectivity index (χ1n) is 6.49. The summed E-state index contributed by atoms with van der Waals surface area (Å²) in [6.07, 6.45) is -0.0419. The van der Waals surface area contributed by atoms with E-state index in [-0.39, 0.29) is 0 Å². The van der Waals surface area contributed by atoms with Gasteiger partial charge in [-0.3, -0.25) is 0 Å². The largest absolute Gasteiger partial charge is 0.379 e. The van der Waals surface area contributed by atoms with E-state index in [2.05, 4.69) is 6.92 Å². The van der Waals surface area contributed by atoms with Gasteiger partial charge in [-0.15, -0.1) is 0 Å². The molecule has 0 aliphatic rings. The van der Waals surface area contributed by atoms with Gasteiger partial charge in [0.15, 0.2) is 6.29 Å². The van der Waals surface area contributed by atoms with E-state index >= 15 is 0 Å². The van der Waals surface area contributed by atoms with Crippen molar-refractivity contribution < 1.29 is 24.1 Å². The van der Waals surface area contributed by atoms with Gasteiger partial charge in [0.1, 0.15) is 0 Å². The zero-order valence-corrected chi connectivity index (χ0v) is 11.6. The van der Waals surface area contributed by atoms with Crippen LogP contribution in [0.5, 0.6) is 0 Å². The molecule has 0 spiro atoms. The van der Waals surface area contributed by atoms with Crippen LogP contribution < -0.4 is 0 Å². The number of hydrogen-bond acceptors (Lipinski definition) is 5. The molecule has 1 atom stereocenters. The molecule has 0 saturated carbocycles. The highest BCUT2D eigenvalue weighted by atomic mass is 16.6. The van der Waals surface area contributed by atoms with Gasteiger partial charge in [-0.05, 0) is 12.8 Å². The van der Waals surface area contributed by atoms with E-state index in [0.717, 1.165) is 0 Å². The Morgan fingerprint density at radius 1 is 0.889 bits per heavy atom. The summed E-state index contributed by atoms with van der Waals surface area (Å²) in [5, 5.41) is 9.42. The maximum atomic E-state index is 9.42. The molecule has 1 radical (unpaired) electrons. The molecule has 0 aliphatic heterocycles. The quantitative estimate of drug-likeness (QED) is 0.400. The fraction of sp³-hybridized carbons (Fsp3) is 0.923. The average Bonchev–Trinajstić information content (AvgIpc) is 2.30. The average molecular weight is 263 g/mol. The molecule has 5 heteroatoms. The van der Waals surface area contributed by atoms with Crippen molar-refractivity contribution in [3.8, 4) is 0 Å². The Kier molecular flexibility index (Phi) is 13.1. The molecular formula is C13H27O5. The van der Waals surface area contributed by atoms with Crippen molar-refractivity contribution in [2.45, 2.75) is 26.6 Å². The standard InChI is InChI=1S/C13H27O5/c1-4-15-5-6-16-7-8-17-9-10-18-13(14)11-12(2)3/h12-14H,1,4-11H2,2-3H3. The van der Waals surface area contributed by atoms with Crippen molar-refractivity contribution in [2.75, 3.05) is 46.2 Å². The number of aliphatic hydroxyl groups is 1. The lowest BCUT2D eigenvalue weighted by Gasteiger charge is -2.14. The zero-order valence-electron chi connectivity index (χ0n) is 11.6. The molecule has 0 aromatic carbocycles. The van der Waals surface area contributed by atoms with Crippen LogP contribution in [0.1, 0.15) is 20.3 Å². The minimum atomic E-state index is -0.690. The van der Waals surface area contributed by atoms with Crippen LogP contribution in [-0.4, -0.2) is 57.6 Å². The Bertz CT molecular complexity index is 163. The van der Waals surface area contributed by atoms with Crippen molar-refractivity contribution in [2.24, 2.45) is 5.92 Å². The molecule has 109 valence electrons. The Labute approximate surface area is 110 Å². The van der Waals surface area contributed by atoms with Crippen LogP contribution in [0.25, 0.3) is 0 Å². The van der Waals surface area contributed by atoms with Gasteiger partial charge in [0.2, 0.25) is 0 Å². The predicted molar refractivity (Wildman–Crippen MR) is 69.2 cm³/mol. The molecule has 0 heterocycles. The third-order valence-corrected chi connectivity index (χ3v) is 2.10. The second-order valence-corrected chi connectivity index (χ2v) is 4.29. The Morgan fingerprint density at radius 3 is 1.89 bits per heavy atom. The summed E-state index contributed by atoms with van der Waals surface area (Å²) >= 11 is 0. The summed E-state index contributed by atoms with van der Waals surface area (Å²) in [5.74, 6) is 0.426. The first kappa shape index (κ1) is 17.8. The summed E-state index contributed by atoms with van der Waals surface area (Å²) in [4.78, 5) is 0. The van der Waals surface area contributed by atoms with E-state index in [1.807, 2.05) is 13.8 Å². The fourth-order valence-corrected chi connectivity index (χ4v) is 1.26. The first-order chi connectivity index (χ1) is 8.66. The van der Waals surface area contributed by atoms with Gasteiger partial charge in [-0.1, -0.05) is 13.8 Å². The molecule has 0 bridgehead atoms. The van der Waals surface area contributed by atoms with Gasteiger partial charge >= 0.3 is 0 Å². The Hall–Kier alpha value is -0.200. The van der Waals surface area contributed by atoms with Gasteiger partial charge in [0, 0.05) is 13.0 Å².